The van der Waals surface area contributed by atoms with Crippen LogP contribution < -0.4 is 20.9 Å². The molecule has 5 N–H and O–H groups in total. The van der Waals surface area contributed by atoms with Gasteiger partial charge in [-0.15, -0.1) is 0 Å². The molecule has 0 radical (unpaired) electrons. The van der Waals surface area contributed by atoms with Gasteiger partial charge in [0, 0.05) is 14.1 Å². The molecule has 0 fully saturated rings. The Morgan fingerprint density at radius 3 is 2.28 bits per heavy atom. The van der Waals surface area contributed by atoms with Gasteiger partial charge in [-0.1, -0.05) is 26.8 Å². The first-order valence-corrected chi connectivity index (χ1v) is 10.8. The summed E-state index contributed by atoms with van der Waals surface area (Å²) in [4.78, 5) is 21.8. The Morgan fingerprint density at radius 2 is 1.69 bits per heavy atom. The molecular formula is C24H28F3N5O4. The van der Waals surface area contributed by atoms with E-state index in [1.165, 1.54) is 14.1 Å². The fourth-order valence-electron chi connectivity index (χ4n) is 3.59. The van der Waals surface area contributed by atoms with Crippen LogP contribution in [0.15, 0.2) is 40.3 Å². The van der Waals surface area contributed by atoms with Crippen molar-refractivity contribution in [3.05, 3.63) is 47.0 Å². The molecule has 36 heavy (non-hydrogen) atoms. The van der Waals surface area contributed by atoms with E-state index in [2.05, 4.69) is 9.98 Å². The standard InChI is InChI=1S/C24H28F3N5O4/c1-23(2,3)19(12-6-9-15-16(10-12)36-11-35-15)31-21(29)20(28)30-14-8-7-13(24(25,26)27)17(18(14)33)22(34)32(4)5/h6-10,19,33H,11H2,1-5H3,(H2,28,30)(H2,29,31)/t19-/m0/s1. The molecule has 3 rings (SSSR count). The number of amides is 1. The van der Waals surface area contributed by atoms with Gasteiger partial charge in [-0.05, 0) is 35.2 Å². The lowest BCUT2D eigenvalue weighted by atomic mass is 9.82. The maximum Gasteiger partial charge on any atom is 0.417 e. The summed E-state index contributed by atoms with van der Waals surface area (Å²) < 4.78 is 51.2. The number of nitrogens with two attached hydrogens (primary N) is 2. The molecule has 0 saturated carbocycles. The second kappa shape index (κ2) is 9.59. The van der Waals surface area contributed by atoms with E-state index in [-0.39, 0.29) is 24.2 Å². The summed E-state index contributed by atoms with van der Waals surface area (Å²) in [5.41, 5.74) is 9.85. The van der Waals surface area contributed by atoms with Crippen LogP contribution in [0, 0.1) is 5.41 Å². The number of hydrogen-bond donors (Lipinski definition) is 3. The molecule has 2 aromatic carbocycles. The topological polar surface area (TPSA) is 136 Å². The third kappa shape index (κ3) is 5.47. The highest BCUT2D eigenvalue weighted by Gasteiger charge is 2.38. The summed E-state index contributed by atoms with van der Waals surface area (Å²) in [6.07, 6.45) is -4.88. The smallest absolute Gasteiger partial charge is 0.417 e. The highest BCUT2D eigenvalue weighted by atomic mass is 19.4. The van der Waals surface area contributed by atoms with Crippen LogP contribution in [0.25, 0.3) is 0 Å². The molecule has 1 aliphatic heterocycles. The highest BCUT2D eigenvalue weighted by Crippen LogP contribution is 2.42. The van der Waals surface area contributed by atoms with Gasteiger partial charge < -0.3 is 30.9 Å². The minimum atomic E-state index is -4.88. The summed E-state index contributed by atoms with van der Waals surface area (Å²) in [5, 5.41) is 10.5. The van der Waals surface area contributed by atoms with E-state index in [0.717, 1.165) is 16.5 Å². The van der Waals surface area contributed by atoms with Crippen molar-refractivity contribution in [2.45, 2.75) is 33.0 Å². The van der Waals surface area contributed by atoms with Crippen LogP contribution in [-0.2, 0) is 6.18 Å². The molecule has 0 bridgehead atoms. The first-order valence-electron chi connectivity index (χ1n) is 10.8. The van der Waals surface area contributed by atoms with E-state index in [1.54, 1.807) is 12.1 Å². The number of hydrogen-bond acceptors (Lipinski definition) is 6. The molecule has 12 heteroatoms. The van der Waals surface area contributed by atoms with Gasteiger partial charge in [0.1, 0.15) is 5.69 Å². The van der Waals surface area contributed by atoms with Crippen molar-refractivity contribution < 1.29 is 32.5 Å². The number of phenolic OH excluding ortho intramolecular Hbond substituents is 1. The minimum Gasteiger partial charge on any atom is -0.505 e. The van der Waals surface area contributed by atoms with E-state index in [9.17, 15) is 23.1 Å². The number of fused-ring (bicyclic) bond motifs is 1. The average molecular weight is 508 g/mol. The molecule has 0 unspecified atom stereocenters. The summed E-state index contributed by atoms with van der Waals surface area (Å²) in [5.74, 6) is -1.40. The first kappa shape index (κ1) is 26.6. The number of amidine groups is 2. The molecule has 0 aromatic heterocycles. The zero-order valence-corrected chi connectivity index (χ0v) is 20.5. The number of carbonyl (C=O) groups is 1. The molecule has 0 spiro atoms. The summed E-state index contributed by atoms with van der Waals surface area (Å²) in [6.45, 7) is 5.92. The van der Waals surface area contributed by atoms with Crippen molar-refractivity contribution in [3.63, 3.8) is 0 Å². The second-order valence-electron chi connectivity index (χ2n) is 9.45. The lowest BCUT2D eigenvalue weighted by Gasteiger charge is -2.28. The molecule has 0 saturated heterocycles. The summed E-state index contributed by atoms with van der Waals surface area (Å²) >= 11 is 0. The van der Waals surface area contributed by atoms with Gasteiger partial charge in [0.05, 0.1) is 17.2 Å². The van der Waals surface area contributed by atoms with Crippen LogP contribution >= 0.6 is 0 Å². The molecule has 1 amide bonds. The van der Waals surface area contributed by atoms with E-state index in [1.807, 2.05) is 26.8 Å². The van der Waals surface area contributed by atoms with Crippen LogP contribution in [0.2, 0.25) is 0 Å². The molecular weight excluding hydrogens is 479 g/mol. The van der Waals surface area contributed by atoms with E-state index in [0.29, 0.717) is 17.6 Å². The quantitative estimate of drug-likeness (QED) is 0.423. The van der Waals surface area contributed by atoms with Gasteiger partial charge in [0.25, 0.3) is 5.91 Å². The summed E-state index contributed by atoms with van der Waals surface area (Å²) in [6, 6.07) is 6.40. The van der Waals surface area contributed by atoms with Crippen molar-refractivity contribution >= 4 is 23.3 Å². The number of aliphatic imine (C=N–C) groups is 2. The average Bonchev–Trinajstić information content (AvgIpc) is 3.24. The van der Waals surface area contributed by atoms with Gasteiger partial charge in [0.15, 0.2) is 28.9 Å². The number of carbonyl (C=O) groups excluding carboxylic acids is 1. The first-order chi connectivity index (χ1) is 16.6. The van der Waals surface area contributed by atoms with E-state index < -0.39 is 40.4 Å². The molecule has 194 valence electrons. The predicted octanol–water partition coefficient (Wildman–Crippen LogP) is 3.97. The predicted molar refractivity (Wildman–Crippen MR) is 129 cm³/mol. The van der Waals surface area contributed by atoms with Crippen molar-refractivity contribution in [3.8, 4) is 17.2 Å². The zero-order valence-electron chi connectivity index (χ0n) is 20.5. The number of rotatable bonds is 4. The number of ether oxygens (including phenoxy) is 2. The molecule has 1 aliphatic rings. The molecule has 1 heterocycles. The van der Waals surface area contributed by atoms with Crippen molar-refractivity contribution in [1.82, 2.24) is 4.90 Å². The third-order valence-corrected chi connectivity index (χ3v) is 5.39. The Hall–Kier alpha value is -3.96. The van der Waals surface area contributed by atoms with E-state index >= 15 is 0 Å². The second-order valence-corrected chi connectivity index (χ2v) is 9.45. The maximum atomic E-state index is 13.5. The number of phenols is 1. The fourth-order valence-corrected chi connectivity index (χ4v) is 3.59. The molecule has 2 aromatic rings. The van der Waals surface area contributed by atoms with Gasteiger partial charge in [0.2, 0.25) is 6.79 Å². The van der Waals surface area contributed by atoms with Gasteiger partial charge >= 0.3 is 6.18 Å². The van der Waals surface area contributed by atoms with Crippen LogP contribution in [0.4, 0.5) is 18.9 Å². The van der Waals surface area contributed by atoms with Crippen LogP contribution in [0.5, 0.6) is 17.2 Å². The molecule has 0 aliphatic carbocycles. The molecule has 9 nitrogen and oxygen atoms in total. The normalized spacial score (nSPS) is 15.1. The number of nitrogens with zero attached hydrogens (tertiary/aromatic N) is 3. The van der Waals surface area contributed by atoms with Gasteiger partial charge in [-0.3, -0.25) is 9.79 Å². The van der Waals surface area contributed by atoms with Crippen LogP contribution in [0.3, 0.4) is 0 Å². The minimum absolute atomic E-state index is 0.110. The van der Waals surface area contributed by atoms with Crippen LogP contribution in [-0.4, -0.2) is 48.5 Å². The largest absolute Gasteiger partial charge is 0.505 e. The Balaban J connectivity index is 2.05. The Labute approximate surface area is 206 Å². The fraction of sp³-hybridized carbons (Fsp3) is 0.375. The van der Waals surface area contributed by atoms with Crippen molar-refractivity contribution in [2.75, 3.05) is 20.9 Å². The summed E-state index contributed by atoms with van der Waals surface area (Å²) in [7, 11) is 2.53. The van der Waals surface area contributed by atoms with Crippen molar-refractivity contribution in [2.24, 2.45) is 26.9 Å². The Bertz CT molecular complexity index is 1230. The lowest BCUT2D eigenvalue weighted by Crippen LogP contribution is -2.33. The van der Waals surface area contributed by atoms with Gasteiger partial charge in [-0.2, -0.15) is 13.2 Å². The number of alkyl halides is 3. The Kier molecular flexibility index (Phi) is 7.10. The van der Waals surface area contributed by atoms with E-state index in [4.69, 9.17) is 20.9 Å². The van der Waals surface area contributed by atoms with Crippen molar-refractivity contribution in [1.29, 1.82) is 0 Å². The SMILES string of the molecule is CN(C)C(=O)c1c(C(F)(F)F)ccc(N=C(N)C(N)=N[C@@H](c2ccc3c(c2)OCO3)C(C)(C)C)c1O. The third-order valence-electron chi connectivity index (χ3n) is 5.39. The number of aromatic hydroxyl groups is 1. The van der Waals surface area contributed by atoms with Crippen LogP contribution in [0.1, 0.15) is 48.3 Å². The van der Waals surface area contributed by atoms with Gasteiger partial charge in [-0.25, -0.2) is 4.99 Å². The number of benzene rings is 2. The number of halogens is 3. The monoisotopic (exact) mass is 507 g/mol. The Morgan fingerprint density at radius 1 is 1.06 bits per heavy atom. The zero-order chi connectivity index (χ0) is 27.0. The highest BCUT2D eigenvalue weighted by molar-refractivity contribution is 6.39. The molecule has 1 atom stereocenters. The lowest BCUT2D eigenvalue weighted by molar-refractivity contribution is -0.138. The maximum absolute atomic E-state index is 13.5.